The Morgan fingerprint density at radius 2 is 1.54 bits per heavy atom. The van der Waals surface area contributed by atoms with E-state index in [0.29, 0.717) is 6.54 Å². The van der Waals surface area contributed by atoms with Gasteiger partial charge in [0, 0.05) is 0 Å². The molecule has 0 unspecified atom stereocenters. The molecule has 6 heteroatoms. The van der Waals surface area contributed by atoms with Gasteiger partial charge in [-0.3, -0.25) is 0 Å². The van der Waals surface area contributed by atoms with Gasteiger partial charge in [-0.05, 0) is 0 Å². The van der Waals surface area contributed by atoms with Gasteiger partial charge in [-0.25, -0.2) is 0 Å². The third-order valence-electron chi connectivity index (χ3n) is 3.88. The van der Waals surface area contributed by atoms with Crippen LogP contribution in [0.25, 0.3) is 26.4 Å². The maximum atomic E-state index is 6.76. The summed E-state index contributed by atoms with van der Waals surface area (Å²) in [5, 5.41) is 2.38. The monoisotopic (exact) mass is 312 g/mol. The second kappa shape index (κ2) is 6.76. The Morgan fingerprint density at radius 3 is 2.17 bits per heavy atom. The topological polar surface area (TPSA) is 62.0 Å². The fourth-order valence-electron chi connectivity index (χ4n) is 2.76. The van der Waals surface area contributed by atoms with Gasteiger partial charge in [0.05, 0.1) is 0 Å². The van der Waals surface area contributed by atoms with Crippen molar-refractivity contribution < 1.29 is 0 Å². The van der Waals surface area contributed by atoms with E-state index in [1.165, 1.54) is 21.7 Å². The number of nitrogens with zero attached hydrogens (tertiary/aromatic N) is 1. The molecule has 0 atom stereocenters. The Bertz CT molecular complexity index is 1040. The SMILES string of the molecule is Cc1ccc2[nH]c(N)bc2c1.[C-]#[N+]Cc1bc2cc(C)ccc2[nH]1. The van der Waals surface area contributed by atoms with Crippen LogP contribution >= 0.6 is 0 Å². The number of anilines is 1. The zero-order chi connectivity index (χ0) is 17.1. The zero-order valence-corrected chi connectivity index (χ0v) is 13.9. The van der Waals surface area contributed by atoms with Crippen LogP contribution in [0.1, 0.15) is 16.7 Å². The van der Waals surface area contributed by atoms with Crippen molar-refractivity contribution in [1.29, 1.82) is 0 Å². The van der Waals surface area contributed by atoms with E-state index in [2.05, 4.69) is 59.0 Å². The van der Waals surface area contributed by atoms with Gasteiger partial charge < -0.3 is 0 Å². The van der Waals surface area contributed by atoms with Gasteiger partial charge in [0.25, 0.3) is 0 Å². The standard InChI is InChI=1S/C10H9BN2.C8H9BN2/c1-7-3-4-9-8(5-7)11-10(13-9)6-12-2;1-5-2-3-7-6(4-5)9-8(10)11-7/h3-5,13H,6H2,1H3;2-4,11H,10H2,1H3. The Labute approximate surface area is 142 Å². The normalized spacial score (nSPS) is 10.0. The van der Waals surface area contributed by atoms with Crippen molar-refractivity contribution in [3.63, 3.8) is 0 Å². The van der Waals surface area contributed by atoms with E-state index in [0.717, 1.165) is 22.3 Å². The number of fused-ring (bicyclic) bond motifs is 2. The van der Waals surface area contributed by atoms with Crippen LogP contribution in [-0.4, -0.2) is 23.8 Å². The fraction of sp³-hybridized carbons (Fsp3) is 0.167. The molecule has 0 amide bonds. The summed E-state index contributed by atoms with van der Waals surface area (Å²) in [6, 6.07) is 12.5. The van der Waals surface area contributed by atoms with Crippen LogP contribution < -0.4 is 5.73 Å². The molecule has 0 saturated heterocycles. The summed E-state index contributed by atoms with van der Waals surface area (Å²) < 4.78 is 0. The molecule has 0 bridgehead atoms. The fourth-order valence-corrected chi connectivity index (χ4v) is 2.76. The number of H-pyrrole nitrogens is 2. The molecule has 4 N–H and O–H groups in total. The summed E-state index contributed by atoms with van der Waals surface area (Å²) in [7, 11) is 0. The van der Waals surface area contributed by atoms with Crippen molar-refractivity contribution in [2.24, 2.45) is 0 Å². The molecule has 4 nitrogen and oxygen atoms in total. The van der Waals surface area contributed by atoms with Crippen molar-refractivity contribution >= 4 is 41.1 Å². The Hall–Kier alpha value is -2.80. The molecular formula is C18H18B2N4. The van der Waals surface area contributed by atoms with Gasteiger partial charge in [-0.2, -0.15) is 0 Å². The van der Waals surface area contributed by atoms with E-state index >= 15 is 0 Å². The number of nitrogens with one attached hydrogen (secondary N) is 2. The first-order valence-corrected chi connectivity index (χ1v) is 7.81. The predicted molar refractivity (Wildman–Crippen MR) is 103 cm³/mol. The number of hydrogen-bond donors (Lipinski definition) is 3. The third kappa shape index (κ3) is 3.57. The number of nitrogens with two attached hydrogens (primary N) is 1. The average Bonchev–Trinajstić information content (AvgIpc) is 3.09. The predicted octanol–water partition coefficient (Wildman–Crippen LogP) is 3.63. The van der Waals surface area contributed by atoms with E-state index in [-0.39, 0.29) is 0 Å². The minimum absolute atomic E-state index is 0.438. The van der Waals surface area contributed by atoms with E-state index in [1.807, 2.05) is 19.9 Å². The van der Waals surface area contributed by atoms with Crippen molar-refractivity contribution in [1.82, 2.24) is 9.97 Å². The number of nitrogen functional groups attached to an aromatic ring is 1. The molecule has 0 fully saturated rings. The number of benzene rings is 2. The molecule has 2 heterocycles. The average molecular weight is 312 g/mol. The van der Waals surface area contributed by atoms with Gasteiger partial charge in [0.2, 0.25) is 0 Å². The van der Waals surface area contributed by atoms with Crippen LogP contribution in [0.2, 0.25) is 0 Å². The van der Waals surface area contributed by atoms with Crippen LogP contribution in [0, 0.1) is 20.4 Å². The number of aromatic nitrogens is 2. The summed E-state index contributed by atoms with van der Waals surface area (Å²) >= 11 is 0. The van der Waals surface area contributed by atoms with Crippen molar-refractivity contribution in [2.75, 3.05) is 5.73 Å². The van der Waals surface area contributed by atoms with E-state index in [4.69, 9.17) is 12.3 Å². The molecule has 0 aliphatic rings. The number of aromatic amines is 2. The van der Waals surface area contributed by atoms with Crippen molar-refractivity contribution in [3.8, 4) is 0 Å². The molecule has 24 heavy (non-hydrogen) atoms. The number of rotatable bonds is 1. The Kier molecular flexibility index (Phi) is 4.52. The summed E-state index contributed by atoms with van der Waals surface area (Å²) in [4.78, 5) is 9.62. The van der Waals surface area contributed by atoms with E-state index < -0.39 is 0 Å². The molecular weight excluding hydrogens is 294 g/mol. The van der Waals surface area contributed by atoms with Crippen molar-refractivity contribution in [2.45, 2.75) is 20.4 Å². The number of hydrogen-bond acceptors (Lipinski definition) is 1. The first-order chi connectivity index (χ1) is 11.5. The van der Waals surface area contributed by atoms with E-state index in [1.54, 1.807) is 0 Å². The van der Waals surface area contributed by atoms with Crippen LogP contribution in [0.5, 0.6) is 0 Å². The molecule has 0 aliphatic carbocycles. The minimum atomic E-state index is 0.438. The molecule has 2 aromatic carbocycles. The quantitative estimate of drug-likeness (QED) is 0.462. The van der Waals surface area contributed by atoms with Crippen LogP contribution in [0.15, 0.2) is 36.4 Å². The van der Waals surface area contributed by atoms with Crippen LogP contribution in [-0.2, 0) is 6.54 Å². The third-order valence-corrected chi connectivity index (χ3v) is 3.88. The summed E-state index contributed by atoms with van der Waals surface area (Å²) in [5.74, 6) is 0. The summed E-state index contributed by atoms with van der Waals surface area (Å²) in [6.07, 6.45) is 0. The van der Waals surface area contributed by atoms with Crippen LogP contribution in [0.4, 0.5) is 5.71 Å². The van der Waals surface area contributed by atoms with Crippen LogP contribution in [0.3, 0.4) is 0 Å². The molecule has 0 aliphatic heterocycles. The maximum absolute atomic E-state index is 6.76. The summed E-state index contributed by atoms with van der Waals surface area (Å²) in [6.45, 7) is 15.3. The number of aryl methyl sites for hydroxylation is 2. The second-order valence-corrected chi connectivity index (χ2v) is 6.02. The van der Waals surface area contributed by atoms with Gasteiger partial charge in [0.1, 0.15) is 0 Å². The zero-order valence-electron chi connectivity index (χ0n) is 13.9. The molecule has 116 valence electrons. The van der Waals surface area contributed by atoms with E-state index in [9.17, 15) is 0 Å². The molecule has 0 spiro atoms. The molecule has 2 aromatic heterocycles. The first-order valence-electron chi connectivity index (χ1n) is 7.81. The van der Waals surface area contributed by atoms with Gasteiger partial charge >= 0.3 is 142 Å². The summed E-state index contributed by atoms with van der Waals surface area (Å²) in [5.41, 5.74) is 12.0. The molecule has 4 aromatic rings. The van der Waals surface area contributed by atoms with Gasteiger partial charge in [-0.15, -0.1) is 0 Å². The van der Waals surface area contributed by atoms with Gasteiger partial charge in [0.15, 0.2) is 0 Å². The molecule has 0 saturated carbocycles. The Morgan fingerprint density at radius 1 is 0.958 bits per heavy atom. The molecule has 4 rings (SSSR count). The first kappa shape index (κ1) is 16.1. The van der Waals surface area contributed by atoms with Gasteiger partial charge in [-0.1, -0.05) is 0 Å². The second-order valence-electron chi connectivity index (χ2n) is 6.02. The Balaban J connectivity index is 0.000000143. The molecule has 0 radical (unpaired) electrons. The van der Waals surface area contributed by atoms with Crippen molar-refractivity contribution in [3.05, 3.63) is 64.5 Å².